The summed E-state index contributed by atoms with van der Waals surface area (Å²) in [4.78, 5) is 0. The number of H-pyrrole nitrogens is 1. The Bertz CT molecular complexity index is 408. The van der Waals surface area contributed by atoms with Gasteiger partial charge in [0.05, 0.1) is 6.20 Å². The topological polar surface area (TPSA) is 48.9 Å². The first-order valence-corrected chi connectivity index (χ1v) is 3.75. The minimum atomic E-state index is -0.303. The highest BCUT2D eigenvalue weighted by atomic mass is 19.1. The minimum absolute atomic E-state index is 0.0617. The maximum absolute atomic E-state index is 12.5. The van der Waals surface area contributed by atoms with Gasteiger partial charge in [-0.15, -0.1) is 0 Å². The second-order valence-corrected chi connectivity index (χ2v) is 2.64. The molecule has 0 aliphatic carbocycles. The Morgan fingerprint density at radius 1 is 1.23 bits per heavy atom. The van der Waals surface area contributed by atoms with Crippen LogP contribution in [0.5, 0.6) is 5.75 Å². The number of rotatable bonds is 1. The van der Waals surface area contributed by atoms with Gasteiger partial charge in [0.15, 0.2) is 5.75 Å². The summed E-state index contributed by atoms with van der Waals surface area (Å²) in [6.07, 6.45) is 1.30. The fourth-order valence-corrected chi connectivity index (χ4v) is 1.11. The van der Waals surface area contributed by atoms with Gasteiger partial charge in [-0.05, 0) is 24.3 Å². The number of aromatic hydroxyl groups is 1. The standard InChI is InChI=1S/C9H7FN2O/c10-7-3-1-6(2-4-7)9-8(13)5-11-12-9/h1-5,13H,(H,11,12). The first-order chi connectivity index (χ1) is 6.27. The van der Waals surface area contributed by atoms with E-state index in [0.717, 1.165) is 0 Å². The Morgan fingerprint density at radius 2 is 1.92 bits per heavy atom. The summed E-state index contributed by atoms with van der Waals surface area (Å²) in [6.45, 7) is 0. The third kappa shape index (κ3) is 1.38. The Labute approximate surface area is 73.8 Å². The molecule has 0 saturated heterocycles. The monoisotopic (exact) mass is 178 g/mol. The van der Waals surface area contributed by atoms with Crippen molar-refractivity contribution in [1.29, 1.82) is 0 Å². The van der Waals surface area contributed by atoms with Gasteiger partial charge < -0.3 is 5.11 Å². The zero-order valence-electron chi connectivity index (χ0n) is 6.66. The van der Waals surface area contributed by atoms with Crippen molar-refractivity contribution in [2.45, 2.75) is 0 Å². The second-order valence-electron chi connectivity index (χ2n) is 2.64. The first kappa shape index (κ1) is 7.79. The van der Waals surface area contributed by atoms with Gasteiger partial charge in [0.1, 0.15) is 11.5 Å². The fourth-order valence-electron chi connectivity index (χ4n) is 1.11. The molecule has 2 rings (SSSR count). The maximum Gasteiger partial charge on any atom is 0.161 e. The van der Waals surface area contributed by atoms with Crippen LogP contribution in [0.25, 0.3) is 11.3 Å². The molecule has 0 bridgehead atoms. The van der Waals surface area contributed by atoms with E-state index in [-0.39, 0.29) is 11.6 Å². The molecule has 0 spiro atoms. The Hall–Kier alpha value is -1.84. The second kappa shape index (κ2) is 2.90. The van der Waals surface area contributed by atoms with Crippen LogP contribution in [-0.4, -0.2) is 15.3 Å². The van der Waals surface area contributed by atoms with Crippen molar-refractivity contribution in [2.24, 2.45) is 0 Å². The summed E-state index contributed by atoms with van der Waals surface area (Å²) >= 11 is 0. The van der Waals surface area contributed by atoms with Gasteiger partial charge in [-0.25, -0.2) is 4.39 Å². The zero-order chi connectivity index (χ0) is 9.26. The lowest BCUT2D eigenvalue weighted by Crippen LogP contribution is -1.79. The van der Waals surface area contributed by atoms with E-state index >= 15 is 0 Å². The van der Waals surface area contributed by atoms with Crippen LogP contribution in [0.3, 0.4) is 0 Å². The van der Waals surface area contributed by atoms with Crippen molar-refractivity contribution in [1.82, 2.24) is 10.2 Å². The largest absolute Gasteiger partial charge is 0.504 e. The van der Waals surface area contributed by atoms with Crippen LogP contribution in [0.4, 0.5) is 4.39 Å². The SMILES string of the molecule is Oc1cn[nH]c1-c1ccc(F)cc1. The molecule has 0 atom stereocenters. The zero-order valence-corrected chi connectivity index (χ0v) is 6.66. The molecule has 0 aliphatic heterocycles. The maximum atomic E-state index is 12.5. The number of benzene rings is 1. The molecule has 2 N–H and O–H groups in total. The molecule has 66 valence electrons. The number of nitrogens with zero attached hydrogens (tertiary/aromatic N) is 1. The lowest BCUT2D eigenvalue weighted by molar-refractivity contribution is 0.477. The molecule has 0 fully saturated rings. The fraction of sp³-hybridized carbons (Fsp3) is 0. The Morgan fingerprint density at radius 3 is 2.46 bits per heavy atom. The van der Waals surface area contributed by atoms with Gasteiger partial charge in [0.25, 0.3) is 0 Å². The van der Waals surface area contributed by atoms with E-state index in [1.54, 1.807) is 12.1 Å². The van der Waals surface area contributed by atoms with E-state index in [1.807, 2.05) is 0 Å². The molecule has 1 aromatic heterocycles. The van der Waals surface area contributed by atoms with Crippen LogP contribution in [0.1, 0.15) is 0 Å². The number of aromatic amines is 1. The normalized spacial score (nSPS) is 10.2. The number of hydrogen-bond donors (Lipinski definition) is 2. The summed E-state index contributed by atoms with van der Waals surface area (Å²) in [5, 5.41) is 15.6. The molecule has 1 heterocycles. The summed E-state index contributed by atoms with van der Waals surface area (Å²) in [6, 6.07) is 5.80. The van der Waals surface area contributed by atoms with E-state index < -0.39 is 0 Å². The van der Waals surface area contributed by atoms with Crippen LogP contribution in [0, 0.1) is 5.82 Å². The van der Waals surface area contributed by atoms with E-state index in [9.17, 15) is 9.50 Å². The molecule has 0 radical (unpaired) electrons. The van der Waals surface area contributed by atoms with Crippen LogP contribution in [-0.2, 0) is 0 Å². The third-order valence-corrected chi connectivity index (χ3v) is 1.75. The lowest BCUT2D eigenvalue weighted by atomic mass is 10.1. The number of nitrogens with one attached hydrogen (secondary N) is 1. The molecule has 13 heavy (non-hydrogen) atoms. The molecule has 0 unspecified atom stereocenters. The number of hydrogen-bond acceptors (Lipinski definition) is 2. The van der Waals surface area contributed by atoms with Crippen LogP contribution < -0.4 is 0 Å². The lowest BCUT2D eigenvalue weighted by Gasteiger charge is -1.97. The van der Waals surface area contributed by atoms with Crippen LogP contribution >= 0.6 is 0 Å². The van der Waals surface area contributed by atoms with Gasteiger partial charge in [0.2, 0.25) is 0 Å². The molecule has 0 aliphatic rings. The first-order valence-electron chi connectivity index (χ1n) is 3.75. The highest BCUT2D eigenvalue weighted by molar-refractivity contribution is 5.64. The number of halogens is 1. The quantitative estimate of drug-likeness (QED) is 0.700. The smallest absolute Gasteiger partial charge is 0.161 e. The van der Waals surface area contributed by atoms with Crippen molar-refractivity contribution in [3.8, 4) is 17.0 Å². The summed E-state index contributed by atoms with van der Waals surface area (Å²) in [7, 11) is 0. The van der Waals surface area contributed by atoms with Gasteiger partial charge in [0, 0.05) is 5.56 Å². The van der Waals surface area contributed by atoms with E-state index in [1.165, 1.54) is 18.3 Å². The van der Waals surface area contributed by atoms with Gasteiger partial charge in [-0.2, -0.15) is 5.10 Å². The minimum Gasteiger partial charge on any atom is -0.504 e. The van der Waals surface area contributed by atoms with E-state index in [4.69, 9.17) is 0 Å². The molecule has 4 heteroatoms. The molecule has 0 saturated carbocycles. The van der Waals surface area contributed by atoms with Gasteiger partial charge in [-0.3, -0.25) is 5.10 Å². The van der Waals surface area contributed by atoms with Crippen LogP contribution in [0.15, 0.2) is 30.5 Å². The molecule has 1 aromatic carbocycles. The molecule has 2 aromatic rings. The van der Waals surface area contributed by atoms with E-state index in [0.29, 0.717) is 11.3 Å². The van der Waals surface area contributed by atoms with Crippen LogP contribution in [0.2, 0.25) is 0 Å². The van der Waals surface area contributed by atoms with Crippen molar-refractivity contribution in [3.05, 3.63) is 36.3 Å². The van der Waals surface area contributed by atoms with Gasteiger partial charge in [-0.1, -0.05) is 0 Å². The number of aromatic nitrogens is 2. The molecular formula is C9H7FN2O. The molecule has 0 amide bonds. The van der Waals surface area contributed by atoms with E-state index in [2.05, 4.69) is 10.2 Å². The summed E-state index contributed by atoms with van der Waals surface area (Å²) < 4.78 is 12.5. The summed E-state index contributed by atoms with van der Waals surface area (Å²) in [5.74, 6) is -0.241. The molecule has 3 nitrogen and oxygen atoms in total. The Balaban J connectivity index is 2.47. The predicted molar refractivity (Wildman–Crippen MR) is 45.6 cm³/mol. The summed E-state index contributed by atoms with van der Waals surface area (Å²) in [5.41, 5.74) is 1.21. The van der Waals surface area contributed by atoms with Crippen molar-refractivity contribution >= 4 is 0 Å². The van der Waals surface area contributed by atoms with Crippen molar-refractivity contribution in [2.75, 3.05) is 0 Å². The van der Waals surface area contributed by atoms with Crippen molar-refractivity contribution in [3.63, 3.8) is 0 Å². The molecular weight excluding hydrogens is 171 g/mol. The third-order valence-electron chi connectivity index (χ3n) is 1.75. The Kier molecular flexibility index (Phi) is 1.73. The predicted octanol–water partition coefficient (Wildman–Crippen LogP) is 1.92. The average Bonchev–Trinajstić information content (AvgIpc) is 2.53. The van der Waals surface area contributed by atoms with Crippen molar-refractivity contribution < 1.29 is 9.50 Å². The highest BCUT2D eigenvalue weighted by Crippen LogP contribution is 2.25. The van der Waals surface area contributed by atoms with Gasteiger partial charge >= 0.3 is 0 Å². The highest BCUT2D eigenvalue weighted by Gasteiger charge is 2.05. The average molecular weight is 178 g/mol.